The molecule has 2 aromatic carbocycles. The fraction of sp³-hybridized carbons (Fsp3) is 0.176. The first-order valence-electron chi connectivity index (χ1n) is 7.00. The molecule has 3 rings (SSSR count). The maximum atomic E-state index is 12.3. The van der Waals surface area contributed by atoms with Crippen LogP contribution in [-0.2, 0) is 11.2 Å². The highest BCUT2D eigenvalue weighted by atomic mass is 35.5. The van der Waals surface area contributed by atoms with Crippen LogP contribution >= 0.6 is 11.6 Å². The number of halogens is 1. The van der Waals surface area contributed by atoms with Gasteiger partial charge in [0, 0.05) is 11.4 Å². The van der Waals surface area contributed by atoms with Crippen molar-refractivity contribution in [2.45, 2.75) is 19.4 Å². The van der Waals surface area contributed by atoms with E-state index in [4.69, 9.17) is 11.6 Å². The third-order valence-corrected chi connectivity index (χ3v) is 3.90. The molecule has 5 heteroatoms. The number of nitrogens with one attached hydrogen (secondary N) is 2. The molecular formula is C17H15ClN2O2. The van der Waals surface area contributed by atoms with Crippen LogP contribution in [0.4, 0.5) is 5.69 Å². The predicted octanol–water partition coefficient (Wildman–Crippen LogP) is 2.94. The van der Waals surface area contributed by atoms with Crippen molar-refractivity contribution in [3.05, 3.63) is 64.2 Å². The summed E-state index contributed by atoms with van der Waals surface area (Å²) in [6.07, 6.45) is 0.444. The van der Waals surface area contributed by atoms with Gasteiger partial charge in [-0.3, -0.25) is 9.59 Å². The molecule has 0 aromatic heterocycles. The summed E-state index contributed by atoms with van der Waals surface area (Å²) in [6.45, 7) is 2.00. The van der Waals surface area contributed by atoms with Gasteiger partial charge in [0.15, 0.2) is 0 Å². The van der Waals surface area contributed by atoms with Crippen LogP contribution in [0.3, 0.4) is 0 Å². The minimum Gasteiger partial charge on any atom is -0.340 e. The molecule has 1 atom stereocenters. The van der Waals surface area contributed by atoms with Crippen molar-refractivity contribution in [2.75, 3.05) is 5.32 Å². The third-order valence-electron chi connectivity index (χ3n) is 3.67. The Morgan fingerprint density at radius 2 is 1.82 bits per heavy atom. The van der Waals surface area contributed by atoms with E-state index in [2.05, 4.69) is 10.6 Å². The summed E-state index contributed by atoms with van der Waals surface area (Å²) in [4.78, 5) is 24.6. The van der Waals surface area contributed by atoms with Crippen LogP contribution in [0.2, 0.25) is 5.02 Å². The zero-order chi connectivity index (χ0) is 15.7. The average Bonchev–Trinajstić information content (AvgIpc) is 2.60. The van der Waals surface area contributed by atoms with Crippen molar-refractivity contribution in [2.24, 2.45) is 0 Å². The molecular weight excluding hydrogens is 300 g/mol. The van der Waals surface area contributed by atoms with E-state index >= 15 is 0 Å². The van der Waals surface area contributed by atoms with Crippen molar-refractivity contribution in [3.8, 4) is 0 Å². The van der Waals surface area contributed by atoms with E-state index in [1.54, 1.807) is 18.2 Å². The normalized spacial score (nSPS) is 17.3. The molecule has 0 saturated heterocycles. The lowest BCUT2D eigenvalue weighted by Crippen LogP contribution is -2.42. The first-order valence-corrected chi connectivity index (χ1v) is 7.37. The predicted molar refractivity (Wildman–Crippen MR) is 86.2 cm³/mol. The summed E-state index contributed by atoms with van der Waals surface area (Å²) in [5, 5.41) is 6.00. The Kier molecular flexibility index (Phi) is 3.86. The van der Waals surface area contributed by atoms with E-state index in [1.165, 1.54) is 0 Å². The number of hydrogen-bond donors (Lipinski definition) is 2. The van der Waals surface area contributed by atoms with Crippen molar-refractivity contribution < 1.29 is 9.59 Å². The zero-order valence-electron chi connectivity index (χ0n) is 12.0. The van der Waals surface area contributed by atoms with E-state index in [9.17, 15) is 9.59 Å². The summed E-state index contributed by atoms with van der Waals surface area (Å²) in [6, 6.07) is 12.1. The number of rotatable bonds is 2. The van der Waals surface area contributed by atoms with Crippen LogP contribution in [0.5, 0.6) is 0 Å². The summed E-state index contributed by atoms with van der Waals surface area (Å²) < 4.78 is 0. The number of hydrogen-bond acceptors (Lipinski definition) is 2. The first kappa shape index (κ1) is 14.6. The van der Waals surface area contributed by atoms with Gasteiger partial charge in [-0.05, 0) is 30.7 Å². The number of aryl methyl sites for hydroxylation is 1. The molecule has 0 fully saturated rings. The molecule has 4 nitrogen and oxygen atoms in total. The number of carbonyl (C=O) groups is 2. The second kappa shape index (κ2) is 5.81. The molecule has 0 saturated carbocycles. The van der Waals surface area contributed by atoms with Crippen LogP contribution in [0.25, 0.3) is 0 Å². The highest BCUT2D eigenvalue weighted by molar-refractivity contribution is 6.31. The Hall–Kier alpha value is -2.33. The van der Waals surface area contributed by atoms with Gasteiger partial charge in [0.05, 0.1) is 11.3 Å². The number of benzene rings is 2. The molecule has 22 heavy (non-hydrogen) atoms. The molecule has 2 amide bonds. The summed E-state index contributed by atoms with van der Waals surface area (Å²) in [5.74, 6) is -0.525. The van der Waals surface area contributed by atoms with Crippen LogP contribution in [0.15, 0.2) is 42.5 Å². The number of fused-ring (bicyclic) bond motifs is 1. The van der Waals surface area contributed by atoms with Gasteiger partial charge >= 0.3 is 0 Å². The molecule has 2 N–H and O–H groups in total. The average molecular weight is 315 g/mol. The van der Waals surface area contributed by atoms with Gasteiger partial charge in [0.25, 0.3) is 5.91 Å². The number of anilines is 1. The largest absolute Gasteiger partial charge is 0.340 e. The summed E-state index contributed by atoms with van der Waals surface area (Å²) >= 11 is 5.92. The standard InChI is InChI=1S/C17H15ClN2O2/c1-10-2-4-11(5-3-10)8-15-17(22)19-14-7-6-12(18)9-13(14)16(21)20-15/h2-7,9,15H,8H2,1H3,(H,19,22)(H,20,21)/t15-/m1/s1. The van der Waals surface area contributed by atoms with Crippen LogP contribution < -0.4 is 10.6 Å². The van der Waals surface area contributed by atoms with Gasteiger partial charge in [-0.25, -0.2) is 0 Å². The fourth-order valence-electron chi connectivity index (χ4n) is 2.44. The van der Waals surface area contributed by atoms with E-state index in [-0.39, 0.29) is 11.8 Å². The van der Waals surface area contributed by atoms with Gasteiger partial charge in [-0.15, -0.1) is 0 Å². The Bertz CT molecular complexity index is 741. The van der Waals surface area contributed by atoms with Crippen molar-refractivity contribution >= 4 is 29.1 Å². The van der Waals surface area contributed by atoms with E-state index in [0.29, 0.717) is 22.7 Å². The Morgan fingerprint density at radius 1 is 1.09 bits per heavy atom. The molecule has 0 unspecified atom stereocenters. The highest BCUT2D eigenvalue weighted by Gasteiger charge is 2.28. The Balaban J connectivity index is 1.85. The monoisotopic (exact) mass is 314 g/mol. The first-order chi connectivity index (χ1) is 10.5. The molecule has 0 aliphatic carbocycles. The summed E-state index contributed by atoms with van der Waals surface area (Å²) in [7, 11) is 0. The Morgan fingerprint density at radius 3 is 2.55 bits per heavy atom. The molecule has 2 aromatic rings. The molecule has 1 heterocycles. The minimum absolute atomic E-state index is 0.227. The summed E-state index contributed by atoms with van der Waals surface area (Å²) in [5.41, 5.74) is 3.01. The SMILES string of the molecule is Cc1ccc(C[C@H]2NC(=O)c3cc(Cl)ccc3NC2=O)cc1. The Labute approximate surface area is 133 Å². The van der Waals surface area contributed by atoms with Crippen LogP contribution in [0.1, 0.15) is 21.5 Å². The number of carbonyl (C=O) groups excluding carboxylic acids is 2. The molecule has 0 spiro atoms. The molecule has 1 aliphatic rings. The number of amides is 2. The minimum atomic E-state index is -0.610. The molecule has 112 valence electrons. The van der Waals surface area contributed by atoms with Gasteiger partial charge in [-0.2, -0.15) is 0 Å². The fourth-order valence-corrected chi connectivity index (χ4v) is 2.61. The van der Waals surface area contributed by atoms with Crippen LogP contribution in [-0.4, -0.2) is 17.9 Å². The van der Waals surface area contributed by atoms with Gasteiger partial charge in [-0.1, -0.05) is 41.4 Å². The van der Waals surface area contributed by atoms with Crippen molar-refractivity contribution in [1.29, 1.82) is 0 Å². The van der Waals surface area contributed by atoms with Gasteiger partial charge in [0.1, 0.15) is 6.04 Å². The van der Waals surface area contributed by atoms with E-state index in [0.717, 1.165) is 11.1 Å². The molecule has 0 bridgehead atoms. The highest BCUT2D eigenvalue weighted by Crippen LogP contribution is 2.23. The zero-order valence-corrected chi connectivity index (χ0v) is 12.8. The van der Waals surface area contributed by atoms with E-state index < -0.39 is 6.04 Å². The quantitative estimate of drug-likeness (QED) is 0.895. The smallest absolute Gasteiger partial charge is 0.254 e. The third kappa shape index (κ3) is 2.97. The second-order valence-electron chi connectivity index (χ2n) is 5.39. The molecule has 0 radical (unpaired) electrons. The lowest BCUT2D eigenvalue weighted by molar-refractivity contribution is -0.117. The van der Waals surface area contributed by atoms with Crippen molar-refractivity contribution in [3.63, 3.8) is 0 Å². The van der Waals surface area contributed by atoms with Crippen molar-refractivity contribution in [1.82, 2.24) is 5.32 Å². The van der Waals surface area contributed by atoms with Gasteiger partial charge < -0.3 is 10.6 Å². The maximum absolute atomic E-state index is 12.3. The topological polar surface area (TPSA) is 58.2 Å². The lowest BCUT2D eigenvalue weighted by Gasteiger charge is -2.14. The lowest BCUT2D eigenvalue weighted by atomic mass is 10.0. The second-order valence-corrected chi connectivity index (χ2v) is 5.83. The van der Waals surface area contributed by atoms with Gasteiger partial charge in [0.2, 0.25) is 5.91 Å². The maximum Gasteiger partial charge on any atom is 0.254 e. The van der Waals surface area contributed by atoms with Crippen LogP contribution in [0, 0.1) is 6.92 Å². The van der Waals surface area contributed by atoms with E-state index in [1.807, 2.05) is 31.2 Å². The molecule has 1 aliphatic heterocycles.